The molecule has 1 aromatic heterocycles. The molecule has 0 bridgehead atoms. The molecule has 0 radical (unpaired) electrons. The van der Waals surface area contributed by atoms with E-state index in [1.807, 2.05) is 0 Å². The van der Waals surface area contributed by atoms with Crippen LogP contribution in [0.5, 0.6) is 0 Å². The van der Waals surface area contributed by atoms with Gasteiger partial charge in [0.25, 0.3) is 9.05 Å². The third-order valence-electron chi connectivity index (χ3n) is 2.20. The highest BCUT2D eigenvalue weighted by Crippen LogP contribution is 2.12. The maximum atomic E-state index is 11.0. The second-order valence-corrected chi connectivity index (χ2v) is 6.74. The highest BCUT2D eigenvalue weighted by Gasteiger charge is 2.12. The molecule has 0 saturated heterocycles. The predicted molar refractivity (Wildman–Crippen MR) is 65.5 cm³/mol. The smallest absolute Gasteiger partial charge is 0.264 e. The van der Waals surface area contributed by atoms with E-state index >= 15 is 0 Å². The van der Waals surface area contributed by atoms with Crippen LogP contribution in [0.3, 0.4) is 0 Å². The van der Waals surface area contributed by atoms with E-state index in [2.05, 4.69) is 18.9 Å². The van der Waals surface area contributed by atoms with Gasteiger partial charge in [-0.1, -0.05) is 13.8 Å². The average molecular weight is 281 g/mol. The predicted octanol–water partition coefficient (Wildman–Crippen LogP) is 1.87. The molecule has 5 nitrogen and oxygen atoms in total. The van der Waals surface area contributed by atoms with Crippen LogP contribution in [0.1, 0.15) is 20.3 Å². The Kier molecular flexibility index (Phi) is 5.42. The summed E-state index contributed by atoms with van der Waals surface area (Å²) in [5.74, 6) is 0.618. The Morgan fingerprint density at radius 3 is 2.71 bits per heavy atom. The summed E-state index contributed by atoms with van der Waals surface area (Å²) in [6, 6.07) is 0. The number of aromatic nitrogens is 2. The lowest BCUT2D eigenvalue weighted by atomic mass is 10.1. The Morgan fingerprint density at radius 1 is 1.47 bits per heavy atom. The normalized spacial score (nSPS) is 12.2. The molecule has 1 heterocycles. The standard InChI is InChI=1S/C10H17ClN2O3S/c1-9(2)3-5-16-6-4-13-8-10(7-12-13)17(11,14)15/h7-9H,3-6H2,1-2H3. The van der Waals surface area contributed by atoms with Gasteiger partial charge in [0, 0.05) is 23.5 Å². The molecular formula is C10H17ClN2O3S. The summed E-state index contributed by atoms with van der Waals surface area (Å²) < 4.78 is 28.9. The number of hydrogen-bond donors (Lipinski definition) is 0. The van der Waals surface area contributed by atoms with Gasteiger partial charge >= 0.3 is 0 Å². The van der Waals surface area contributed by atoms with Crippen LogP contribution in [0.2, 0.25) is 0 Å². The van der Waals surface area contributed by atoms with E-state index in [1.165, 1.54) is 17.1 Å². The van der Waals surface area contributed by atoms with Crippen LogP contribution >= 0.6 is 10.7 Å². The van der Waals surface area contributed by atoms with Gasteiger partial charge in [-0.25, -0.2) is 8.42 Å². The third-order valence-corrected chi connectivity index (χ3v) is 3.50. The van der Waals surface area contributed by atoms with Gasteiger partial charge in [0.1, 0.15) is 4.90 Å². The van der Waals surface area contributed by atoms with Crippen molar-refractivity contribution >= 4 is 19.7 Å². The zero-order valence-electron chi connectivity index (χ0n) is 9.97. The molecule has 0 aromatic carbocycles. The fraction of sp³-hybridized carbons (Fsp3) is 0.700. The van der Waals surface area contributed by atoms with E-state index in [1.54, 1.807) is 0 Å². The van der Waals surface area contributed by atoms with Gasteiger partial charge < -0.3 is 4.74 Å². The van der Waals surface area contributed by atoms with Crippen molar-refractivity contribution < 1.29 is 13.2 Å². The summed E-state index contributed by atoms with van der Waals surface area (Å²) in [4.78, 5) is 0.0151. The van der Waals surface area contributed by atoms with Crippen molar-refractivity contribution in [2.24, 2.45) is 5.92 Å². The first kappa shape index (κ1) is 14.5. The summed E-state index contributed by atoms with van der Waals surface area (Å²) in [5.41, 5.74) is 0. The van der Waals surface area contributed by atoms with Gasteiger partial charge in [0.15, 0.2) is 0 Å². The molecule has 0 aliphatic carbocycles. The van der Waals surface area contributed by atoms with E-state index in [0.29, 0.717) is 25.7 Å². The molecule has 0 aliphatic heterocycles. The van der Waals surface area contributed by atoms with Crippen molar-refractivity contribution in [3.8, 4) is 0 Å². The first-order chi connectivity index (χ1) is 7.89. The molecule has 1 aromatic rings. The Bertz CT molecular complexity index is 442. The molecule has 0 fully saturated rings. The van der Waals surface area contributed by atoms with Crippen molar-refractivity contribution in [1.29, 1.82) is 0 Å². The van der Waals surface area contributed by atoms with Crippen LogP contribution in [0.4, 0.5) is 0 Å². The Morgan fingerprint density at radius 2 is 2.18 bits per heavy atom. The number of halogens is 1. The largest absolute Gasteiger partial charge is 0.380 e. The van der Waals surface area contributed by atoms with Gasteiger partial charge in [0.05, 0.1) is 19.3 Å². The molecule has 0 saturated carbocycles. The lowest BCUT2D eigenvalue weighted by Gasteiger charge is -2.06. The van der Waals surface area contributed by atoms with Crippen molar-refractivity contribution in [2.75, 3.05) is 13.2 Å². The van der Waals surface area contributed by atoms with Crippen LogP contribution in [0.15, 0.2) is 17.3 Å². The maximum Gasteiger partial charge on any atom is 0.264 e. The maximum absolute atomic E-state index is 11.0. The molecule has 0 aliphatic rings. The molecule has 0 N–H and O–H groups in total. The highest BCUT2D eigenvalue weighted by atomic mass is 35.7. The van der Waals surface area contributed by atoms with Crippen molar-refractivity contribution in [3.63, 3.8) is 0 Å². The summed E-state index contributed by atoms with van der Waals surface area (Å²) in [5, 5.41) is 3.89. The van der Waals surface area contributed by atoms with E-state index in [0.717, 1.165) is 6.42 Å². The number of nitrogens with zero attached hydrogens (tertiary/aromatic N) is 2. The van der Waals surface area contributed by atoms with Crippen molar-refractivity contribution in [1.82, 2.24) is 9.78 Å². The minimum Gasteiger partial charge on any atom is -0.380 e. The molecule has 98 valence electrons. The monoisotopic (exact) mass is 280 g/mol. The van der Waals surface area contributed by atoms with Gasteiger partial charge in [-0.2, -0.15) is 5.10 Å². The number of hydrogen-bond acceptors (Lipinski definition) is 4. The van der Waals surface area contributed by atoms with E-state index < -0.39 is 9.05 Å². The summed E-state index contributed by atoms with van der Waals surface area (Å²) in [6.45, 7) is 6.00. The third kappa shape index (κ3) is 5.52. The number of rotatable bonds is 7. The zero-order chi connectivity index (χ0) is 12.9. The Labute approximate surface area is 106 Å². The van der Waals surface area contributed by atoms with Gasteiger partial charge in [-0.3, -0.25) is 4.68 Å². The Hall–Kier alpha value is -0.590. The van der Waals surface area contributed by atoms with E-state index in [4.69, 9.17) is 15.4 Å². The first-order valence-electron chi connectivity index (χ1n) is 5.44. The van der Waals surface area contributed by atoms with Crippen LogP contribution in [-0.4, -0.2) is 31.4 Å². The second-order valence-electron chi connectivity index (χ2n) is 4.17. The minimum atomic E-state index is -3.68. The zero-order valence-corrected chi connectivity index (χ0v) is 11.5. The summed E-state index contributed by atoms with van der Waals surface area (Å²) in [7, 11) is 1.50. The Balaban J connectivity index is 2.31. The molecule has 0 unspecified atom stereocenters. The highest BCUT2D eigenvalue weighted by molar-refractivity contribution is 8.13. The number of ether oxygens (including phenoxy) is 1. The first-order valence-corrected chi connectivity index (χ1v) is 7.75. The van der Waals surface area contributed by atoms with Crippen LogP contribution in [-0.2, 0) is 20.3 Å². The van der Waals surface area contributed by atoms with Crippen molar-refractivity contribution in [3.05, 3.63) is 12.4 Å². The lowest BCUT2D eigenvalue weighted by molar-refractivity contribution is 0.114. The van der Waals surface area contributed by atoms with Gasteiger partial charge in [0.2, 0.25) is 0 Å². The van der Waals surface area contributed by atoms with Gasteiger partial charge in [-0.05, 0) is 12.3 Å². The molecular weight excluding hydrogens is 264 g/mol. The van der Waals surface area contributed by atoms with Gasteiger partial charge in [-0.15, -0.1) is 0 Å². The topological polar surface area (TPSA) is 61.2 Å². The van der Waals surface area contributed by atoms with Crippen LogP contribution < -0.4 is 0 Å². The van der Waals surface area contributed by atoms with Crippen molar-refractivity contribution in [2.45, 2.75) is 31.7 Å². The molecule has 0 spiro atoms. The summed E-state index contributed by atoms with van der Waals surface area (Å²) in [6.07, 6.45) is 3.64. The lowest BCUT2D eigenvalue weighted by Crippen LogP contribution is -2.08. The fourth-order valence-corrected chi connectivity index (χ4v) is 1.83. The fourth-order valence-electron chi connectivity index (χ4n) is 1.17. The molecule has 17 heavy (non-hydrogen) atoms. The quantitative estimate of drug-likeness (QED) is 0.565. The minimum absolute atomic E-state index is 0.0151. The molecule has 7 heteroatoms. The van der Waals surface area contributed by atoms with Crippen LogP contribution in [0.25, 0.3) is 0 Å². The average Bonchev–Trinajstić information content (AvgIpc) is 2.64. The molecule has 0 amide bonds. The van der Waals surface area contributed by atoms with Crippen LogP contribution in [0, 0.1) is 5.92 Å². The SMILES string of the molecule is CC(C)CCOCCn1cc(S(=O)(=O)Cl)cn1. The second kappa shape index (κ2) is 6.37. The molecule has 0 atom stereocenters. The molecule has 1 rings (SSSR count). The summed E-state index contributed by atoms with van der Waals surface area (Å²) >= 11 is 0. The van der Waals surface area contributed by atoms with E-state index in [9.17, 15) is 8.42 Å². The van der Waals surface area contributed by atoms with E-state index in [-0.39, 0.29) is 4.90 Å².